The zero-order valence-corrected chi connectivity index (χ0v) is 9.77. The quantitative estimate of drug-likeness (QED) is 0.598. The first-order chi connectivity index (χ1) is 7.79. The molecule has 0 amide bonds. The summed E-state index contributed by atoms with van der Waals surface area (Å²) in [7, 11) is 2.60. The Morgan fingerprint density at radius 1 is 1.22 bits per heavy atom. The van der Waals surface area contributed by atoms with Crippen LogP contribution in [0.1, 0.15) is 6.42 Å². The van der Waals surface area contributed by atoms with Crippen LogP contribution in [-0.4, -0.2) is 61.0 Å². The van der Waals surface area contributed by atoms with Crippen LogP contribution in [0.4, 0.5) is 26.3 Å². The Balaban J connectivity index is 4.51. The number of halogens is 6. The minimum absolute atomic E-state index is 0.385. The normalized spacial score (nSPS) is 15.6. The van der Waals surface area contributed by atoms with Gasteiger partial charge in [0.2, 0.25) is 0 Å². The van der Waals surface area contributed by atoms with Crippen LogP contribution in [0.15, 0.2) is 0 Å². The van der Waals surface area contributed by atoms with Gasteiger partial charge in [-0.25, -0.2) is 9.18 Å². The summed E-state index contributed by atoms with van der Waals surface area (Å²) in [6, 6.07) is 0. The number of hydrogen-bond donors (Lipinski definition) is 1. The van der Waals surface area contributed by atoms with Gasteiger partial charge >= 0.3 is 18.1 Å². The van der Waals surface area contributed by atoms with Crippen molar-refractivity contribution in [2.24, 2.45) is 0 Å². The fraction of sp³-hybridized carbons (Fsp3) is 0.889. The number of quaternary nitrogens is 1. The number of rotatable bonds is 6. The summed E-state index contributed by atoms with van der Waals surface area (Å²) in [5.41, 5.74) is 0. The highest BCUT2D eigenvalue weighted by Crippen LogP contribution is 2.40. The predicted octanol–water partition coefficient (Wildman–Crippen LogP) is 2.07. The SMILES string of the molecule is C[N+](C)(CCC(F)C(F)(F)C(F)(F)F)CC(=O)O. The molecule has 0 saturated carbocycles. The standard InChI is InChI=1S/C9H13F6NO2/c1-16(2,5-7(17)18)4-3-6(10)8(11,12)9(13,14)15/h6H,3-5H2,1-2H3/p+1. The number of likely N-dealkylation sites (N-methyl/N-ethyl adjacent to an activating group) is 1. The van der Waals surface area contributed by atoms with E-state index in [1.54, 1.807) is 0 Å². The minimum atomic E-state index is -5.95. The molecule has 1 unspecified atom stereocenters. The third-order valence-electron chi connectivity index (χ3n) is 2.32. The van der Waals surface area contributed by atoms with E-state index < -0.39 is 43.8 Å². The summed E-state index contributed by atoms with van der Waals surface area (Å²) in [6.07, 6.45) is -10.4. The van der Waals surface area contributed by atoms with Crippen molar-refractivity contribution in [3.8, 4) is 0 Å². The van der Waals surface area contributed by atoms with Gasteiger partial charge in [-0.05, 0) is 0 Å². The topological polar surface area (TPSA) is 37.3 Å². The smallest absolute Gasteiger partial charge is 0.456 e. The van der Waals surface area contributed by atoms with Gasteiger partial charge in [-0.1, -0.05) is 0 Å². The Morgan fingerprint density at radius 3 is 2.00 bits per heavy atom. The maximum atomic E-state index is 12.9. The molecule has 0 rings (SSSR count). The minimum Gasteiger partial charge on any atom is -0.477 e. The first kappa shape index (κ1) is 17.0. The van der Waals surface area contributed by atoms with Crippen molar-refractivity contribution < 1.29 is 40.7 Å². The molecule has 0 saturated heterocycles. The summed E-state index contributed by atoms with van der Waals surface area (Å²) in [4.78, 5) is 10.4. The lowest BCUT2D eigenvalue weighted by molar-refractivity contribution is -0.883. The highest BCUT2D eigenvalue weighted by Gasteiger charge is 2.63. The molecule has 0 aliphatic carbocycles. The molecule has 108 valence electrons. The van der Waals surface area contributed by atoms with Crippen molar-refractivity contribution in [2.75, 3.05) is 27.2 Å². The highest BCUT2D eigenvalue weighted by atomic mass is 19.4. The first-order valence-electron chi connectivity index (χ1n) is 4.92. The van der Waals surface area contributed by atoms with Gasteiger partial charge in [-0.3, -0.25) is 0 Å². The molecule has 0 radical (unpaired) electrons. The number of nitrogens with zero attached hydrogens (tertiary/aromatic N) is 1. The van der Waals surface area contributed by atoms with Crippen LogP contribution < -0.4 is 0 Å². The largest absolute Gasteiger partial charge is 0.477 e. The van der Waals surface area contributed by atoms with Gasteiger partial charge in [0, 0.05) is 6.42 Å². The molecule has 9 heteroatoms. The van der Waals surface area contributed by atoms with Crippen molar-refractivity contribution in [3.05, 3.63) is 0 Å². The Bertz CT molecular complexity index is 302. The number of aliphatic carboxylic acids is 1. The van der Waals surface area contributed by atoms with Crippen LogP contribution in [0.25, 0.3) is 0 Å². The number of alkyl halides is 6. The van der Waals surface area contributed by atoms with Crippen molar-refractivity contribution in [2.45, 2.75) is 24.7 Å². The number of carboxylic acids is 1. The zero-order valence-electron chi connectivity index (χ0n) is 9.77. The van der Waals surface area contributed by atoms with Gasteiger partial charge in [0.1, 0.15) is 0 Å². The van der Waals surface area contributed by atoms with E-state index >= 15 is 0 Å². The Kier molecular flexibility index (Phi) is 5.04. The van der Waals surface area contributed by atoms with Gasteiger partial charge < -0.3 is 9.59 Å². The predicted molar refractivity (Wildman–Crippen MR) is 50.0 cm³/mol. The fourth-order valence-electron chi connectivity index (χ4n) is 1.27. The average Bonchev–Trinajstić information content (AvgIpc) is 2.10. The molecule has 0 fully saturated rings. The Morgan fingerprint density at radius 2 is 1.67 bits per heavy atom. The van der Waals surface area contributed by atoms with E-state index in [9.17, 15) is 31.1 Å². The van der Waals surface area contributed by atoms with E-state index in [0.717, 1.165) is 0 Å². The van der Waals surface area contributed by atoms with Gasteiger partial charge in [0.15, 0.2) is 12.7 Å². The molecule has 0 bridgehead atoms. The van der Waals surface area contributed by atoms with E-state index in [0.29, 0.717) is 0 Å². The Hall–Kier alpha value is -0.990. The second-order valence-electron chi connectivity index (χ2n) is 4.59. The lowest BCUT2D eigenvalue weighted by Gasteiger charge is -2.30. The summed E-state index contributed by atoms with van der Waals surface area (Å²) in [6.45, 7) is -0.941. The van der Waals surface area contributed by atoms with Crippen molar-refractivity contribution >= 4 is 5.97 Å². The molecule has 18 heavy (non-hydrogen) atoms. The lowest BCUT2D eigenvalue weighted by atomic mass is 10.1. The van der Waals surface area contributed by atoms with Crippen LogP contribution in [0, 0.1) is 0 Å². The van der Waals surface area contributed by atoms with Crippen molar-refractivity contribution in [1.29, 1.82) is 0 Å². The van der Waals surface area contributed by atoms with E-state index in [1.807, 2.05) is 0 Å². The van der Waals surface area contributed by atoms with E-state index in [2.05, 4.69) is 0 Å². The Labute approximate surface area is 99.6 Å². The van der Waals surface area contributed by atoms with Gasteiger partial charge in [-0.2, -0.15) is 22.0 Å². The van der Waals surface area contributed by atoms with Crippen LogP contribution in [0.2, 0.25) is 0 Å². The number of carbonyl (C=O) groups is 1. The molecule has 0 heterocycles. The molecular formula is C9H14F6NO2+. The number of hydrogen-bond acceptors (Lipinski definition) is 1. The van der Waals surface area contributed by atoms with Gasteiger partial charge in [0.05, 0.1) is 20.6 Å². The van der Waals surface area contributed by atoms with E-state index in [4.69, 9.17) is 5.11 Å². The maximum Gasteiger partial charge on any atom is 0.456 e. The van der Waals surface area contributed by atoms with Crippen LogP contribution in [-0.2, 0) is 4.79 Å². The summed E-state index contributed by atoms with van der Waals surface area (Å²) < 4.78 is 73.1. The summed E-state index contributed by atoms with van der Waals surface area (Å²) in [5.74, 6) is -6.67. The van der Waals surface area contributed by atoms with Crippen LogP contribution in [0.5, 0.6) is 0 Å². The average molecular weight is 282 g/mol. The van der Waals surface area contributed by atoms with Gasteiger partial charge in [0.25, 0.3) is 0 Å². The molecule has 0 aromatic rings. The maximum absolute atomic E-state index is 12.9. The third kappa shape index (κ3) is 4.71. The van der Waals surface area contributed by atoms with E-state index in [-0.39, 0.29) is 4.48 Å². The molecule has 0 aromatic heterocycles. The third-order valence-corrected chi connectivity index (χ3v) is 2.32. The number of carboxylic acid groups (broad SMARTS) is 1. The van der Waals surface area contributed by atoms with Crippen molar-refractivity contribution in [1.82, 2.24) is 0 Å². The van der Waals surface area contributed by atoms with Crippen LogP contribution >= 0.6 is 0 Å². The molecular weight excluding hydrogens is 268 g/mol. The second kappa shape index (κ2) is 5.33. The summed E-state index contributed by atoms with van der Waals surface area (Å²) in [5, 5.41) is 8.47. The fourth-order valence-corrected chi connectivity index (χ4v) is 1.27. The van der Waals surface area contributed by atoms with E-state index in [1.165, 1.54) is 14.1 Å². The first-order valence-corrected chi connectivity index (χ1v) is 4.92. The van der Waals surface area contributed by atoms with Crippen molar-refractivity contribution in [3.63, 3.8) is 0 Å². The molecule has 1 atom stereocenters. The molecule has 0 aliphatic heterocycles. The monoisotopic (exact) mass is 282 g/mol. The van der Waals surface area contributed by atoms with Crippen LogP contribution in [0.3, 0.4) is 0 Å². The second-order valence-corrected chi connectivity index (χ2v) is 4.59. The summed E-state index contributed by atoms with van der Waals surface area (Å²) >= 11 is 0. The molecule has 3 nitrogen and oxygen atoms in total. The molecule has 0 aliphatic rings. The molecule has 1 N–H and O–H groups in total. The molecule has 0 spiro atoms. The van der Waals surface area contributed by atoms with Gasteiger partial charge in [-0.15, -0.1) is 0 Å². The highest BCUT2D eigenvalue weighted by molar-refractivity contribution is 5.67. The lowest BCUT2D eigenvalue weighted by Crippen LogP contribution is -2.49. The molecule has 0 aromatic carbocycles. The zero-order chi connectivity index (χ0) is 14.8.